The number of nitrogens with zero attached hydrogens (tertiary/aromatic N) is 1. The quantitative estimate of drug-likeness (QED) is 0.665. The Labute approximate surface area is 139 Å². The molecule has 22 heavy (non-hydrogen) atoms. The largest absolute Gasteiger partial charge is 0.380 e. The maximum atomic E-state index is 5.86. The van der Waals surface area contributed by atoms with E-state index in [-0.39, 0.29) is 0 Å². The van der Waals surface area contributed by atoms with E-state index in [2.05, 4.69) is 66.6 Å². The summed E-state index contributed by atoms with van der Waals surface area (Å²) in [5.41, 5.74) is 6.14. The Morgan fingerprint density at radius 3 is 2.50 bits per heavy atom. The number of rotatable bonds is 4. The molecule has 2 aromatic carbocycles. The third-order valence-electron chi connectivity index (χ3n) is 3.41. The van der Waals surface area contributed by atoms with Gasteiger partial charge in [0.1, 0.15) is 0 Å². The Hall–Kier alpha value is -1.84. The van der Waals surface area contributed by atoms with Crippen LogP contribution < -0.4 is 5.32 Å². The molecular weight excluding hydrogens is 312 g/mol. The molecule has 112 valence electrons. The van der Waals surface area contributed by atoms with Crippen LogP contribution >= 0.6 is 22.9 Å². The van der Waals surface area contributed by atoms with E-state index in [1.54, 1.807) is 0 Å². The zero-order chi connectivity index (χ0) is 15.5. The van der Waals surface area contributed by atoms with Crippen LogP contribution in [0.25, 0.3) is 11.1 Å². The Morgan fingerprint density at radius 1 is 1.05 bits per heavy atom. The number of benzene rings is 2. The van der Waals surface area contributed by atoms with E-state index in [4.69, 9.17) is 11.6 Å². The minimum absolute atomic E-state index is 0.584. The molecule has 4 heteroatoms. The average molecular weight is 329 g/mol. The molecule has 3 aromatic rings. The van der Waals surface area contributed by atoms with Gasteiger partial charge in [-0.3, -0.25) is 0 Å². The Morgan fingerprint density at radius 2 is 1.82 bits per heavy atom. The molecule has 0 unspecified atom stereocenters. The van der Waals surface area contributed by atoms with Gasteiger partial charge in [0.2, 0.25) is 0 Å². The molecule has 0 atom stereocenters. The first-order valence-electron chi connectivity index (χ1n) is 7.13. The fraction of sp³-hybridized carbons (Fsp3) is 0.167. The van der Waals surface area contributed by atoms with Crippen molar-refractivity contribution in [3.05, 3.63) is 69.1 Å². The van der Waals surface area contributed by atoms with Gasteiger partial charge in [-0.15, -0.1) is 11.3 Å². The highest BCUT2D eigenvalue weighted by Crippen LogP contribution is 2.25. The van der Waals surface area contributed by atoms with Crippen LogP contribution in [0.5, 0.6) is 0 Å². The van der Waals surface area contributed by atoms with Crippen molar-refractivity contribution in [1.29, 1.82) is 0 Å². The lowest BCUT2D eigenvalue weighted by molar-refractivity contribution is 1.17. The topological polar surface area (TPSA) is 24.9 Å². The van der Waals surface area contributed by atoms with E-state index in [0.717, 1.165) is 17.1 Å². The molecular formula is C18H17ClN2S. The van der Waals surface area contributed by atoms with Gasteiger partial charge in [0.15, 0.2) is 4.47 Å². The van der Waals surface area contributed by atoms with Crippen LogP contribution in [-0.4, -0.2) is 4.98 Å². The van der Waals surface area contributed by atoms with Crippen molar-refractivity contribution in [3.8, 4) is 11.1 Å². The molecule has 1 aromatic heterocycles. The predicted octanol–water partition coefficient (Wildman–Crippen LogP) is 5.69. The van der Waals surface area contributed by atoms with E-state index >= 15 is 0 Å². The fourth-order valence-electron chi connectivity index (χ4n) is 2.50. The summed E-state index contributed by atoms with van der Waals surface area (Å²) in [6.45, 7) is 5.00. The van der Waals surface area contributed by atoms with Gasteiger partial charge >= 0.3 is 0 Å². The fourth-order valence-corrected chi connectivity index (χ4v) is 3.42. The van der Waals surface area contributed by atoms with E-state index < -0.39 is 0 Å². The van der Waals surface area contributed by atoms with Crippen molar-refractivity contribution in [2.75, 3.05) is 5.32 Å². The highest BCUT2D eigenvalue weighted by atomic mass is 35.5. The van der Waals surface area contributed by atoms with Crippen LogP contribution in [0.2, 0.25) is 4.47 Å². The van der Waals surface area contributed by atoms with E-state index in [1.807, 2.05) is 6.20 Å². The van der Waals surface area contributed by atoms with Crippen molar-refractivity contribution >= 4 is 28.6 Å². The molecule has 0 saturated carbocycles. The number of thiazole rings is 1. The number of aromatic nitrogens is 1. The standard InChI is InChI=1S/C18H17ClN2S/c1-12-6-13(2)8-15(7-12)14-4-3-5-16(9-14)20-10-17-11-21-18(19)22-17/h3-9,11,20H,10H2,1-2H3. The highest BCUT2D eigenvalue weighted by molar-refractivity contribution is 7.15. The summed E-state index contributed by atoms with van der Waals surface area (Å²) in [6.07, 6.45) is 1.81. The lowest BCUT2D eigenvalue weighted by Gasteiger charge is -2.09. The molecule has 0 aliphatic heterocycles. The summed E-state index contributed by atoms with van der Waals surface area (Å²) in [5.74, 6) is 0. The van der Waals surface area contributed by atoms with Crippen molar-refractivity contribution in [2.24, 2.45) is 0 Å². The minimum atomic E-state index is 0.584. The molecule has 2 nitrogen and oxygen atoms in total. The van der Waals surface area contributed by atoms with E-state index in [9.17, 15) is 0 Å². The number of aryl methyl sites for hydroxylation is 2. The first-order chi connectivity index (χ1) is 10.6. The number of hydrogen-bond acceptors (Lipinski definition) is 3. The number of nitrogens with one attached hydrogen (secondary N) is 1. The third kappa shape index (κ3) is 3.67. The summed E-state index contributed by atoms with van der Waals surface area (Å²) in [6, 6.07) is 15.1. The SMILES string of the molecule is Cc1cc(C)cc(-c2cccc(NCc3cnc(Cl)s3)c2)c1. The summed E-state index contributed by atoms with van der Waals surface area (Å²) < 4.78 is 0.584. The van der Waals surface area contributed by atoms with Crippen molar-refractivity contribution < 1.29 is 0 Å². The second kappa shape index (κ2) is 6.51. The van der Waals surface area contributed by atoms with Gasteiger partial charge in [0, 0.05) is 16.8 Å². The summed E-state index contributed by atoms with van der Waals surface area (Å²) in [5, 5.41) is 3.43. The molecule has 0 aliphatic carbocycles. The third-order valence-corrected chi connectivity index (χ3v) is 4.52. The summed E-state index contributed by atoms with van der Waals surface area (Å²) in [7, 11) is 0. The Bertz CT molecular complexity index is 775. The molecule has 3 rings (SSSR count). The van der Waals surface area contributed by atoms with Gasteiger partial charge in [-0.25, -0.2) is 4.98 Å². The molecule has 0 spiro atoms. The molecule has 1 heterocycles. The normalized spacial score (nSPS) is 10.7. The molecule has 0 fully saturated rings. The lowest BCUT2D eigenvalue weighted by Crippen LogP contribution is -1.97. The minimum Gasteiger partial charge on any atom is -0.380 e. The predicted molar refractivity (Wildman–Crippen MR) is 95.8 cm³/mol. The average Bonchev–Trinajstić information content (AvgIpc) is 2.90. The van der Waals surface area contributed by atoms with Gasteiger partial charge in [0.25, 0.3) is 0 Å². The first kappa shape index (κ1) is 15.1. The Balaban J connectivity index is 1.80. The van der Waals surface area contributed by atoms with Crippen molar-refractivity contribution in [3.63, 3.8) is 0 Å². The molecule has 0 radical (unpaired) electrons. The first-order valence-corrected chi connectivity index (χ1v) is 8.32. The van der Waals surface area contributed by atoms with Crippen LogP contribution in [0.1, 0.15) is 16.0 Å². The van der Waals surface area contributed by atoms with Crippen LogP contribution in [0.3, 0.4) is 0 Å². The van der Waals surface area contributed by atoms with Gasteiger partial charge in [-0.2, -0.15) is 0 Å². The van der Waals surface area contributed by atoms with Gasteiger partial charge < -0.3 is 5.32 Å². The van der Waals surface area contributed by atoms with E-state index in [0.29, 0.717) is 4.47 Å². The van der Waals surface area contributed by atoms with Gasteiger partial charge in [-0.1, -0.05) is 53.1 Å². The Kier molecular flexibility index (Phi) is 4.46. The molecule has 0 saturated heterocycles. The van der Waals surface area contributed by atoms with Crippen LogP contribution in [0, 0.1) is 13.8 Å². The maximum Gasteiger partial charge on any atom is 0.183 e. The molecule has 0 bridgehead atoms. The van der Waals surface area contributed by atoms with Crippen molar-refractivity contribution in [1.82, 2.24) is 4.98 Å². The smallest absolute Gasteiger partial charge is 0.183 e. The highest BCUT2D eigenvalue weighted by Gasteiger charge is 2.03. The van der Waals surface area contributed by atoms with Gasteiger partial charge in [-0.05, 0) is 37.1 Å². The van der Waals surface area contributed by atoms with Crippen molar-refractivity contribution in [2.45, 2.75) is 20.4 Å². The van der Waals surface area contributed by atoms with Gasteiger partial charge in [0.05, 0.1) is 6.54 Å². The van der Waals surface area contributed by atoms with E-state index in [1.165, 1.54) is 33.6 Å². The molecule has 0 amide bonds. The number of halogens is 1. The van der Waals surface area contributed by atoms with Crippen LogP contribution in [-0.2, 0) is 6.54 Å². The molecule has 1 N–H and O–H groups in total. The second-order valence-electron chi connectivity index (χ2n) is 5.39. The van der Waals surface area contributed by atoms with Crippen LogP contribution in [0.4, 0.5) is 5.69 Å². The summed E-state index contributed by atoms with van der Waals surface area (Å²) in [4.78, 5) is 5.18. The monoisotopic (exact) mass is 328 g/mol. The second-order valence-corrected chi connectivity index (χ2v) is 7.09. The zero-order valence-electron chi connectivity index (χ0n) is 12.6. The zero-order valence-corrected chi connectivity index (χ0v) is 14.1. The lowest BCUT2D eigenvalue weighted by atomic mass is 10.0. The summed E-state index contributed by atoms with van der Waals surface area (Å²) >= 11 is 7.36. The molecule has 0 aliphatic rings. The maximum absolute atomic E-state index is 5.86. The number of hydrogen-bond donors (Lipinski definition) is 1. The van der Waals surface area contributed by atoms with Crippen LogP contribution in [0.15, 0.2) is 48.7 Å². The number of anilines is 1.